The lowest BCUT2D eigenvalue weighted by Gasteiger charge is -2.43. The fraction of sp³-hybridized carbons (Fsp3) is 0.432. The van der Waals surface area contributed by atoms with Gasteiger partial charge in [0, 0.05) is 31.5 Å². The molecule has 2 heterocycles. The maximum atomic E-state index is 12.8. The lowest BCUT2D eigenvalue weighted by molar-refractivity contribution is -0.160. The molecule has 3 aromatic rings. The van der Waals surface area contributed by atoms with Crippen LogP contribution in [0.25, 0.3) is 0 Å². The van der Waals surface area contributed by atoms with Crippen LogP contribution in [0, 0.1) is 0 Å². The van der Waals surface area contributed by atoms with Gasteiger partial charge in [-0.25, -0.2) is 0 Å². The van der Waals surface area contributed by atoms with E-state index in [2.05, 4.69) is 24.1 Å². The first-order valence-electron chi connectivity index (χ1n) is 16.1. The predicted octanol–water partition coefficient (Wildman–Crippen LogP) is 4.92. The minimum absolute atomic E-state index is 0.0911. The molecular formula is C37H44N2O8. The van der Waals surface area contributed by atoms with Gasteiger partial charge in [-0.2, -0.15) is 0 Å². The van der Waals surface area contributed by atoms with Crippen LogP contribution in [0.3, 0.4) is 0 Å². The normalized spacial score (nSPS) is 22.5. The number of aliphatic carboxylic acids is 1. The summed E-state index contributed by atoms with van der Waals surface area (Å²) in [7, 11) is 3.25. The van der Waals surface area contributed by atoms with Crippen LogP contribution in [-0.4, -0.2) is 78.4 Å². The Labute approximate surface area is 276 Å². The van der Waals surface area contributed by atoms with E-state index in [1.54, 1.807) is 14.2 Å². The van der Waals surface area contributed by atoms with E-state index in [0.29, 0.717) is 24.3 Å². The summed E-state index contributed by atoms with van der Waals surface area (Å²) in [4.78, 5) is 38.9. The van der Waals surface area contributed by atoms with Crippen LogP contribution < -0.4 is 14.8 Å². The number of benzene rings is 3. The van der Waals surface area contributed by atoms with Crippen LogP contribution >= 0.6 is 0 Å². The highest BCUT2D eigenvalue weighted by molar-refractivity contribution is 5.80. The summed E-state index contributed by atoms with van der Waals surface area (Å²) >= 11 is 0. The summed E-state index contributed by atoms with van der Waals surface area (Å²) in [5.41, 5.74) is 1.44. The number of carboxylic acids is 1. The smallest absolute Gasteiger partial charge is 0.303 e. The summed E-state index contributed by atoms with van der Waals surface area (Å²) in [6.07, 6.45) is -0.527. The lowest BCUT2D eigenvalue weighted by Crippen LogP contribution is -2.55. The van der Waals surface area contributed by atoms with Crippen molar-refractivity contribution in [1.29, 1.82) is 0 Å². The second kappa shape index (κ2) is 14.6. The van der Waals surface area contributed by atoms with Crippen LogP contribution in [0.1, 0.15) is 63.1 Å². The Balaban J connectivity index is 1.65. The number of nitrogens with zero attached hydrogens (tertiary/aromatic N) is 1. The van der Waals surface area contributed by atoms with Crippen molar-refractivity contribution in [2.75, 3.05) is 14.2 Å². The van der Waals surface area contributed by atoms with Gasteiger partial charge in [0.1, 0.15) is 29.3 Å². The predicted molar refractivity (Wildman–Crippen MR) is 175 cm³/mol. The average Bonchev–Trinajstić information content (AvgIpc) is 3.25. The third-order valence-corrected chi connectivity index (χ3v) is 9.22. The standard InChI is InChI=1S/C37H44N2O8/c1-23(2)39-31-21-28(38-33(41)19-20-34(42)43)22-32(39)36(35(31)46-24(3)40)47-37(25-9-7-6-8-10-25,26-11-15-29(44-4)16-12-26)27-13-17-30(45-5)18-14-27/h6-18,23,28,31-32,35-36H,19-22H2,1-5H3,(H,38,41)(H,42,43)/t28?,31-,32+,35-,36+/m0/s1. The number of carbonyl (C=O) groups excluding carboxylic acids is 2. The Bertz CT molecular complexity index is 1480. The van der Waals surface area contributed by atoms with Gasteiger partial charge in [-0.1, -0.05) is 54.6 Å². The molecule has 0 aliphatic carbocycles. The van der Waals surface area contributed by atoms with Crippen LogP contribution in [0.4, 0.5) is 0 Å². The highest BCUT2D eigenvalue weighted by atomic mass is 16.6. The van der Waals surface area contributed by atoms with Gasteiger partial charge in [0.05, 0.1) is 26.7 Å². The van der Waals surface area contributed by atoms with Gasteiger partial charge >= 0.3 is 11.9 Å². The second-order valence-electron chi connectivity index (χ2n) is 12.5. The molecule has 1 amide bonds. The van der Waals surface area contributed by atoms with Crippen molar-refractivity contribution in [1.82, 2.24) is 10.2 Å². The fourth-order valence-corrected chi connectivity index (χ4v) is 7.33. The molecule has 1 unspecified atom stereocenters. The second-order valence-corrected chi connectivity index (χ2v) is 12.5. The first-order valence-corrected chi connectivity index (χ1v) is 16.1. The largest absolute Gasteiger partial charge is 0.497 e. The number of hydrogen-bond acceptors (Lipinski definition) is 8. The average molecular weight is 645 g/mol. The Morgan fingerprint density at radius 2 is 1.32 bits per heavy atom. The maximum Gasteiger partial charge on any atom is 0.303 e. The van der Waals surface area contributed by atoms with E-state index >= 15 is 0 Å². The lowest BCUT2D eigenvalue weighted by atomic mass is 9.79. The number of carbonyl (C=O) groups is 3. The molecule has 47 heavy (non-hydrogen) atoms. The van der Waals surface area contributed by atoms with E-state index < -0.39 is 29.7 Å². The number of fused-ring (bicyclic) bond motifs is 2. The van der Waals surface area contributed by atoms with E-state index in [-0.39, 0.29) is 42.9 Å². The van der Waals surface area contributed by atoms with Gasteiger partial charge in [-0.15, -0.1) is 0 Å². The van der Waals surface area contributed by atoms with Crippen molar-refractivity contribution in [2.45, 2.75) is 88.4 Å². The van der Waals surface area contributed by atoms with Crippen molar-refractivity contribution < 1.29 is 38.4 Å². The van der Waals surface area contributed by atoms with E-state index in [0.717, 1.165) is 16.7 Å². The zero-order valence-electron chi connectivity index (χ0n) is 27.6. The van der Waals surface area contributed by atoms with Crippen molar-refractivity contribution in [3.8, 4) is 11.5 Å². The monoisotopic (exact) mass is 644 g/mol. The van der Waals surface area contributed by atoms with Gasteiger partial charge in [-0.05, 0) is 67.6 Å². The number of nitrogens with one attached hydrogen (secondary N) is 1. The number of carboxylic acid groups (broad SMARTS) is 1. The minimum atomic E-state index is -1.15. The number of amides is 1. The van der Waals surface area contributed by atoms with E-state index in [9.17, 15) is 14.4 Å². The molecule has 5 rings (SSSR count). The summed E-state index contributed by atoms with van der Waals surface area (Å²) < 4.78 is 24.7. The molecular weight excluding hydrogens is 600 g/mol. The van der Waals surface area contributed by atoms with Gasteiger partial charge in [0.25, 0.3) is 0 Å². The molecule has 2 bridgehead atoms. The molecule has 5 atom stereocenters. The third kappa shape index (κ3) is 7.13. The molecule has 250 valence electrons. The number of hydrogen-bond donors (Lipinski definition) is 2. The van der Waals surface area contributed by atoms with Gasteiger partial charge in [-0.3, -0.25) is 19.3 Å². The Kier molecular flexibility index (Phi) is 10.5. The fourth-order valence-electron chi connectivity index (χ4n) is 7.33. The van der Waals surface area contributed by atoms with Crippen LogP contribution in [0.15, 0.2) is 78.9 Å². The third-order valence-electron chi connectivity index (χ3n) is 9.22. The Hall–Kier alpha value is -4.41. The number of rotatable bonds is 13. The maximum absolute atomic E-state index is 12.8. The quantitative estimate of drug-likeness (QED) is 0.197. The molecule has 0 aromatic heterocycles. The van der Waals surface area contributed by atoms with Crippen LogP contribution in [0.5, 0.6) is 11.5 Å². The number of piperidine rings is 1. The van der Waals surface area contributed by atoms with Gasteiger partial charge in [0.2, 0.25) is 5.91 Å². The van der Waals surface area contributed by atoms with E-state index in [1.807, 2.05) is 78.9 Å². The summed E-state index contributed by atoms with van der Waals surface area (Å²) in [5, 5.41) is 12.2. The van der Waals surface area contributed by atoms with Gasteiger partial charge < -0.3 is 29.4 Å². The van der Waals surface area contributed by atoms with E-state index in [1.165, 1.54) is 6.92 Å². The molecule has 10 heteroatoms. The number of esters is 1. The number of ether oxygens (including phenoxy) is 4. The molecule has 2 saturated heterocycles. The first kappa shape index (κ1) is 33.9. The highest BCUT2D eigenvalue weighted by Crippen LogP contribution is 2.48. The molecule has 2 aliphatic rings. The number of methoxy groups -OCH3 is 2. The molecule has 0 spiro atoms. The van der Waals surface area contributed by atoms with Crippen LogP contribution in [0.2, 0.25) is 0 Å². The van der Waals surface area contributed by atoms with Crippen molar-refractivity contribution in [2.24, 2.45) is 0 Å². The zero-order chi connectivity index (χ0) is 33.7. The van der Waals surface area contributed by atoms with Crippen molar-refractivity contribution in [3.63, 3.8) is 0 Å². The molecule has 2 aliphatic heterocycles. The minimum Gasteiger partial charge on any atom is -0.497 e. The molecule has 0 radical (unpaired) electrons. The topological polar surface area (TPSA) is 124 Å². The van der Waals surface area contributed by atoms with Crippen LogP contribution in [-0.2, 0) is 29.5 Å². The zero-order valence-corrected chi connectivity index (χ0v) is 27.6. The van der Waals surface area contributed by atoms with Gasteiger partial charge in [0.15, 0.2) is 0 Å². The van der Waals surface area contributed by atoms with Crippen molar-refractivity contribution >= 4 is 17.8 Å². The summed E-state index contributed by atoms with van der Waals surface area (Å²) in [6, 6.07) is 24.9. The highest BCUT2D eigenvalue weighted by Gasteiger charge is 2.59. The molecule has 3 aromatic carbocycles. The molecule has 10 nitrogen and oxygen atoms in total. The summed E-state index contributed by atoms with van der Waals surface area (Å²) in [6.45, 7) is 5.62. The SMILES string of the molecule is COc1ccc(C(O[C@H]2[C@@H](OC(C)=O)[C@@H]3CC(NC(=O)CCC(=O)O)C[C@H]2N3C(C)C)(c2ccccc2)c2ccc(OC)cc2)cc1. The Morgan fingerprint density at radius 3 is 1.79 bits per heavy atom. The summed E-state index contributed by atoms with van der Waals surface area (Å²) in [5.74, 6) is -0.347. The van der Waals surface area contributed by atoms with E-state index in [4.69, 9.17) is 24.1 Å². The van der Waals surface area contributed by atoms with Crippen molar-refractivity contribution in [3.05, 3.63) is 95.6 Å². The molecule has 0 saturated carbocycles. The first-order chi connectivity index (χ1) is 22.6. The molecule has 2 fully saturated rings. The molecule has 2 N–H and O–H groups in total. The Morgan fingerprint density at radius 1 is 0.809 bits per heavy atom.